The number of aryl methyl sites for hydroxylation is 2. The molecule has 0 saturated carbocycles. The molecule has 154 valence electrons. The number of benzene rings is 3. The lowest BCUT2D eigenvalue weighted by Gasteiger charge is -2.20. The van der Waals surface area contributed by atoms with E-state index >= 15 is 0 Å². The van der Waals surface area contributed by atoms with Gasteiger partial charge in [-0.05, 0) is 53.8 Å². The molecule has 1 N–H and O–H groups in total. The van der Waals surface area contributed by atoms with E-state index in [1.54, 1.807) is 7.11 Å². The molecule has 1 aliphatic rings. The van der Waals surface area contributed by atoms with Gasteiger partial charge in [-0.1, -0.05) is 42.5 Å². The second kappa shape index (κ2) is 8.48. The molecule has 3 aromatic carbocycles. The molecule has 0 unspecified atom stereocenters. The first-order valence-corrected chi connectivity index (χ1v) is 10.4. The van der Waals surface area contributed by atoms with E-state index in [1.165, 1.54) is 5.56 Å². The molecule has 0 fully saturated rings. The largest absolute Gasteiger partial charge is 0.497 e. The van der Waals surface area contributed by atoms with Gasteiger partial charge in [0.05, 0.1) is 12.8 Å². The van der Waals surface area contributed by atoms with Crippen LogP contribution in [0.4, 0.5) is 11.6 Å². The number of anilines is 2. The first-order valence-electron chi connectivity index (χ1n) is 10.4. The molecule has 1 heterocycles. The molecule has 0 radical (unpaired) electrons. The molecular formula is C26H23N3O2. The Hall–Kier alpha value is -3.86. The van der Waals surface area contributed by atoms with Crippen LogP contribution in [0.1, 0.15) is 16.7 Å². The summed E-state index contributed by atoms with van der Waals surface area (Å²) < 4.78 is 11.4. The number of hydrogen-bond acceptors (Lipinski definition) is 5. The molecular weight excluding hydrogens is 386 g/mol. The minimum atomic E-state index is 0.526. The van der Waals surface area contributed by atoms with E-state index in [-0.39, 0.29) is 0 Å². The van der Waals surface area contributed by atoms with Crippen LogP contribution < -0.4 is 14.8 Å². The minimum Gasteiger partial charge on any atom is -0.497 e. The number of rotatable bonds is 6. The van der Waals surface area contributed by atoms with E-state index in [2.05, 4.69) is 34.6 Å². The molecule has 0 bridgehead atoms. The Bertz CT molecular complexity index is 1210. The molecule has 5 rings (SSSR count). The maximum absolute atomic E-state index is 5.94. The Morgan fingerprint density at radius 3 is 2.61 bits per heavy atom. The highest BCUT2D eigenvalue weighted by atomic mass is 16.5. The fourth-order valence-electron chi connectivity index (χ4n) is 3.81. The number of aromatic nitrogens is 2. The number of methoxy groups -OCH3 is 1. The summed E-state index contributed by atoms with van der Waals surface area (Å²) >= 11 is 0. The van der Waals surface area contributed by atoms with Gasteiger partial charge in [0, 0.05) is 23.5 Å². The number of nitrogens with zero attached hydrogens (tertiary/aromatic N) is 2. The lowest BCUT2D eigenvalue weighted by atomic mass is 9.90. The fraction of sp³-hybridized carbons (Fsp3) is 0.154. The predicted molar refractivity (Wildman–Crippen MR) is 122 cm³/mol. The lowest BCUT2D eigenvalue weighted by molar-refractivity contribution is 0.306. The van der Waals surface area contributed by atoms with E-state index in [4.69, 9.17) is 14.5 Å². The van der Waals surface area contributed by atoms with Crippen molar-refractivity contribution in [3.63, 3.8) is 0 Å². The molecule has 5 nitrogen and oxygen atoms in total. The molecule has 31 heavy (non-hydrogen) atoms. The second-order valence-corrected chi connectivity index (χ2v) is 7.52. The van der Waals surface area contributed by atoms with Gasteiger partial charge in [0.2, 0.25) is 5.95 Å². The highest BCUT2D eigenvalue weighted by Crippen LogP contribution is 2.35. The molecule has 0 aliphatic heterocycles. The number of ether oxygens (including phenoxy) is 2. The summed E-state index contributed by atoms with van der Waals surface area (Å²) in [7, 11) is 1.69. The Balaban J connectivity index is 1.36. The zero-order valence-electron chi connectivity index (χ0n) is 17.3. The van der Waals surface area contributed by atoms with E-state index in [9.17, 15) is 0 Å². The van der Waals surface area contributed by atoms with Gasteiger partial charge in [0.15, 0.2) is 0 Å². The molecule has 0 saturated heterocycles. The molecule has 0 amide bonds. The van der Waals surface area contributed by atoms with Crippen molar-refractivity contribution >= 4 is 11.6 Å². The van der Waals surface area contributed by atoms with Crippen LogP contribution in [0.15, 0.2) is 79.0 Å². The van der Waals surface area contributed by atoms with Crippen LogP contribution in [0.5, 0.6) is 11.5 Å². The first-order chi connectivity index (χ1) is 15.3. The molecule has 4 aromatic rings. The third-order valence-corrected chi connectivity index (χ3v) is 5.44. The van der Waals surface area contributed by atoms with Gasteiger partial charge in [-0.15, -0.1) is 0 Å². The van der Waals surface area contributed by atoms with Crippen molar-refractivity contribution in [1.29, 1.82) is 0 Å². The maximum atomic E-state index is 5.94. The summed E-state index contributed by atoms with van der Waals surface area (Å²) in [5, 5.41) is 3.32. The minimum absolute atomic E-state index is 0.526. The predicted octanol–water partition coefficient (Wildman–Crippen LogP) is 5.57. The van der Waals surface area contributed by atoms with Crippen molar-refractivity contribution in [1.82, 2.24) is 9.97 Å². The number of hydrogen-bond donors (Lipinski definition) is 1. The van der Waals surface area contributed by atoms with E-state index in [0.29, 0.717) is 12.6 Å². The van der Waals surface area contributed by atoms with Gasteiger partial charge in [0.25, 0.3) is 0 Å². The van der Waals surface area contributed by atoms with Crippen LogP contribution in [0, 0.1) is 0 Å². The first kappa shape index (κ1) is 19.1. The average molecular weight is 409 g/mol. The van der Waals surface area contributed by atoms with Crippen LogP contribution in [0.3, 0.4) is 0 Å². The third kappa shape index (κ3) is 4.21. The SMILES string of the molecule is COc1ccc2c(c1)-c1nc(Nc3cccc(OCc4ccccc4)c3)ncc1CC2. The van der Waals surface area contributed by atoms with Gasteiger partial charge < -0.3 is 14.8 Å². The zero-order valence-corrected chi connectivity index (χ0v) is 17.3. The monoisotopic (exact) mass is 409 g/mol. The molecule has 0 spiro atoms. The number of fused-ring (bicyclic) bond motifs is 3. The molecule has 1 aliphatic carbocycles. The van der Waals surface area contributed by atoms with E-state index in [1.807, 2.05) is 54.7 Å². The highest BCUT2D eigenvalue weighted by molar-refractivity contribution is 5.72. The zero-order chi connectivity index (χ0) is 21.0. The van der Waals surface area contributed by atoms with Gasteiger partial charge in [-0.3, -0.25) is 0 Å². The van der Waals surface area contributed by atoms with E-state index in [0.717, 1.165) is 52.4 Å². The van der Waals surface area contributed by atoms with Crippen LogP contribution >= 0.6 is 0 Å². The standard InChI is InChI=1S/C26H23N3O2/c1-30-22-13-12-19-10-11-20-16-27-26(29-25(20)24(19)15-22)28-21-8-5-9-23(14-21)31-17-18-6-3-2-4-7-18/h2-9,12-16H,10-11,17H2,1H3,(H,27,28,29). The smallest absolute Gasteiger partial charge is 0.227 e. The van der Waals surface area contributed by atoms with Crippen LogP contribution in [-0.2, 0) is 19.4 Å². The van der Waals surface area contributed by atoms with Crippen LogP contribution in [0.25, 0.3) is 11.3 Å². The van der Waals surface area contributed by atoms with Gasteiger partial charge >= 0.3 is 0 Å². The molecule has 5 heteroatoms. The van der Waals surface area contributed by atoms with Crippen molar-refractivity contribution < 1.29 is 9.47 Å². The molecule has 1 aromatic heterocycles. The summed E-state index contributed by atoms with van der Waals surface area (Å²) in [5.41, 5.74) is 6.54. The Kier molecular flexibility index (Phi) is 5.23. The highest BCUT2D eigenvalue weighted by Gasteiger charge is 2.19. The van der Waals surface area contributed by atoms with Crippen molar-refractivity contribution in [3.05, 3.63) is 95.7 Å². The normalized spacial score (nSPS) is 11.9. The summed E-state index contributed by atoms with van der Waals surface area (Å²) in [6.07, 6.45) is 3.85. The average Bonchev–Trinajstić information content (AvgIpc) is 2.83. The van der Waals surface area contributed by atoms with Gasteiger partial charge in [-0.25, -0.2) is 9.97 Å². The fourth-order valence-corrected chi connectivity index (χ4v) is 3.81. The Labute approximate surface area is 181 Å². The topological polar surface area (TPSA) is 56.3 Å². The Morgan fingerprint density at radius 1 is 0.871 bits per heavy atom. The van der Waals surface area contributed by atoms with Crippen molar-refractivity contribution in [2.24, 2.45) is 0 Å². The third-order valence-electron chi connectivity index (χ3n) is 5.44. The van der Waals surface area contributed by atoms with Gasteiger partial charge in [-0.2, -0.15) is 0 Å². The summed E-state index contributed by atoms with van der Waals surface area (Å²) in [6.45, 7) is 0.526. The summed E-state index contributed by atoms with van der Waals surface area (Å²) in [4.78, 5) is 9.36. The van der Waals surface area contributed by atoms with Crippen LogP contribution in [0.2, 0.25) is 0 Å². The lowest BCUT2D eigenvalue weighted by Crippen LogP contribution is -2.09. The van der Waals surface area contributed by atoms with Gasteiger partial charge in [0.1, 0.15) is 18.1 Å². The summed E-state index contributed by atoms with van der Waals surface area (Å²) in [6, 6.07) is 24.2. The van der Waals surface area contributed by atoms with Crippen molar-refractivity contribution in [2.45, 2.75) is 19.4 Å². The quantitative estimate of drug-likeness (QED) is 0.451. The maximum Gasteiger partial charge on any atom is 0.227 e. The summed E-state index contributed by atoms with van der Waals surface area (Å²) in [5.74, 6) is 2.19. The molecule has 0 atom stereocenters. The Morgan fingerprint density at radius 2 is 1.74 bits per heavy atom. The van der Waals surface area contributed by atoms with E-state index < -0.39 is 0 Å². The van der Waals surface area contributed by atoms with Crippen LogP contribution in [-0.4, -0.2) is 17.1 Å². The van der Waals surface area contributed by atoms with Crippen molar-refractivity contribution in [2.75, 3.05) is 12.4 Å². The second-order valence-electron chi connectivity index (χ2n) is 7.52. The number of nitrogens with one attached hydrogen (secondary N) is 1. The van der Waals surface area contributed by atoms with Crippen molar-refractivity contribution in [3.8, 4) is 22.8 Å².